The monoisotopic (exact) mass is 438 g/mol. The number of ether oxygens (including phenoxy) is 1. The van der Waals surface area contributed by atoms with Gasteiger partial charge in [0.2, 0.25) is 11.9 Å². The van der Waals surface area contributed by atoms with Crippen molar-refractivity contribution < 1.29 is 14.6 Å². The van der Waals surface area contributed by atoms with Crippen LogP contribution in [0, 0.1) is 0 Å². The van der Waals surface area contributed by atoms with E-state index in [0.717, 1.165) is 22.2 Å². The molecule has 0 radical (unpaired) electrons. The number of hydrogen-bond donors (Lipinski definition) is 1. The molecule has 162 valence electrons. The van der Waals surface area contributed by atoms with E-state index in [2.05, 4.69) is 10.9 Å². The van der Waals surface area contributed by atoms with Gasteiger partial charge in [0.1, 0.15) is 5.69 Å². The molecular formula is C24H18N6O3. The Kier molecular flexibility index (Phi) is 4.50. The van der Waals surface area contributed by atoms with Crippen molar-refractivity contribution in [2.75, 3.05) is 31.2 Å². The number of rotatable bonds is 4. The average molecular weight is 438 g/mol. The van der Waals surface area contributed by atoms with Gasteiger partial charge >= 0.3 is 5.97 Å². The minimum atomic E-state index is -1.06. The lowest BCUT2D eigenvalue weighted by Gasteiger charge is -2.27. The van der Waals surface area contributed by atoms with Crippen molar-refractivity contribution >= 4 is 40.5 Å². The molecule has 9 heteroatoms. The van der Waals surface area contributed by atoms with Crippen molar-refractivity contribution in [3.8, 4) is 17.3 Å². The largest absolute Gasteiger partial charge is 0.477 e. The molecule has 0 saturated carbocycles. The molecule has 0 unspecified atom stereocenters. The van der Waals surface area contributed by atoms with Crippen LogP contribution in [0.25, 0.3) is 34.3 Å². The summed E-state index contributed by atoms with van der Waals surface area (Å²) in [5, 5.41) is 10.7. The van der Waals surface area contributed by atoms with E-state index in [4.69, 9.17) is 19.7 Å². The van der Waals surface area contributed by atoms with Gasteiger partial charge in [-0.1, -0.05) is 30.3 Å². The molecule has 4 heterocycles. The molecule has 0 atom stereocenters. The van der Waals surface area contributed by atoms with Gasteiger partial charge in [0.25, 0.3) is 0 Å². The molecule has 4 aromatic rings. The van der Waals surface area contributed by atoms with Crippen molar-refractivity contribution in [2.24, 2.45) is 4.99 Å². The lowest BCUT2D eigenvalue weighted by molar-refractivity contribution is 0.0688. The first-order chi connectivity index (χ1) is 16.2. The molecule has 2 aromatic heterocycles. The zero-order chi connectivity index (χ0) is 22.4. The molecule has 0 aliphatic carbocycles. The number of aliphatic imine (C=N–C) groups is 1. The van der Waals surface area contributed by atoms with Crippen LogP contribution < -0.4 is 4.90 Å². The molecule has 6 rings (SSSR count). The number of benzene rings is 2. The van der Waals surface area contributed by atoms with E-state index in [1.165, 1.54) is 0 Å². The van der Waals surface area contributed by atoms with Gasteiger partial charge in [-0.15, -0.1) is 0 Å². The number of aromatic carboxylic acids is 1. The van der Waals surface area contributed by atoms with Gasteiger partial charge in [-0.3, -0.25) is 4.57 Å². The van der Waals surface area contributed by atoms with Crippen LogP contribution in [0.1, 0.15) is 16.1 Å². The van der Waals surface area contributed by atoms with Gasteiger partial charge in [0.15, 0.2) is 5.82 Å². The molecule has 1 N–H and O–H groups in total. The molecular weight excluding hydrogens is 420 g/mol. The first-order valence-corrected chi connectivity index (χ1v) is 10.5. The number of carbonyl (C=O) groups is 1. The summed E-state index contributed by atoms with van der Waals surface area (Å²) >= 11 is 0. The molecule has 1 saturated heterocycles. The molecule has 2 aliphatic rings. The molecule has 1 fully saturated rings. The summed E-state index contributed by atoms with van der Waals surface area (Å²) in [6, 6.07) is 14.8. The van der Waals surface area contributed by atoms with E-state index in [-0.39, 0.29) is 11.6 Å². The van der Waals surface area contributed by atoms with E-state index in [0.29, 0.717) is 43.6 Å². The maximum absolute atomic E-state index is 12.1. The first kappa shape index (κ1) is 19.4. The molecule has 0 amide bonds. The van der Waals surface area contributed by atoms with Crippen molar-refractivity contribution in [3.63, 3.8) is 0 Å². The highest BCUT2D eigenvalue weighted by Crippen LogP contribution is 2.33. The highest BCUT2D eigenvalue weighted by atomic mass is 16.5. The van der Waals surface area contributed by atoms with Crippen LogP contribution in [-0.4, -0.2) is 62.8 Å². The zero-order valence-corrected chi connectivity index (χ0v) is 17.5. The second-order valence-electron chi connectivity index (χ2n) is 7.71. The third kappa shape index (κ3) is 3.27. The number of nitrogens with zero attached hydrogens (tertiary/aromatic N) is 6. The summed E-state index contributed by atoms with van der Waals surface area (Å²) in [5.74, 6) is 3.00. The summed E-state index contributed by atoms with van der Waals surface area (Å²) in [6.45, 7) is 2.41. The second kappa shape index (κ2) is 7.67. The van der Waals surface area contributed by atoms with E-state index in [1.807, 2.05) is 47.4 Å². The van der Waals surface area contributed by atoms with Crippen LogP contribution >= 0.6 is 0 Å². The standard InChI is InChI=1S/C24H18N6O3/c31-22(32)20-14-15-4-1-2-7-19(15)30(20)24-27-21(17-5-3-6-18-16(17)8-9-25-18)26-23(28-24)29-10-12-33-13-11-29/h1-8,14H,10-13H2,(H,31,32). The third-order valence-corrected chi connectivity index (χ3v) is 5.75. The van der Waals surface area contributed by atoms with Crippen molar-refractivity contribution in [3.05, 3.63) is 59.8 Å². The van der Waals surface area contributed by atoms with Crippen molar-refractivity contribution in [1.82, 2.24) is 19.5 Å². The summed E-state index contributed by atoms with van der Waals surface area (Å²) in [5.41, 5.74) is 3.25. The van der Waals surface area contributed by atoms with Crippen LogP contribution in [-0.2, 0) is 4.74 Å². The molecule has 9 nitrogen and oxygen atoms in total. The van der Waals surface area contributed by atoms with Gasteiger partial charge in [-0.05, 0) is 24.1 Å². The third-order valence-electron chi connectivity index (χ3n) is 5.75. The second-order valence-corrected chi connectivity index (χ2v) is 7.71. The van der Waals surface area contributed by atoms with Crippen LogP contribution in [0.3, 0.4) is 0 Å². The SMILES string of the molecule is O=C(O)c1cc2ccccc2n1-c1nc(-c2cccc3c2C=C=N3)nc(N2CCOCC2)n1. The maximum Gasteiger partial charge on any atom is 0.352 e. The van der Waals surface area contributed by atoms with E-state index >= 15 is 0 Å². The summed E-state index contributed by atoms with van der Waals surface area (Å²) in [6.07, 6.45) is 1.80. The van der Waals surface area contributed by atoms with E-state index in [9.17, 15) is 9.90 Å². The van der Waals surface area contributed by atoms with E-state index < -0.39 is 5.97 Å². The molecule has 0 bridgehead atoms. The highest BCUT2D eigenvalue weighted by Gasteiger charge is 2.23. The smallest absolute Gasteiger partial charge is 0.352 e. The number of para-hydroxylation sites is 1. The number of fused-ring (bicyclic) bond motifs is 2. The Morgan fingerprint density at radius 1 is 1.00 bits per heavy atom. The maximum atomic E-state index is 12.1. The van der Waals surface area contributed by atoms with Gasteiger partial charge < -0.3 is 14.7 Å². The van der Waals surface area contributed by atoms with E-state index in [1.54, 1.807) is 16.7 Å². The fourth-order valence-electron chi connectivity index (χ4n) is 4.17. The molecule has 0 spiro atoms. The number of morpholine rings is 1. The van der Waals surface area contributed by atoms with Crippen LogP contribution in [0.2, 0.25) is 0 Å². The summed E-state index contributed by atoms with van der Waals surface area (Å²) < 4.78 is 7.06. The van der Waals surface area contributed by atoms with Crippen LogP contribution in [0.4, 0.5) is 11.6 Å². The Balaban J connectivity index is 1.61. The summed E-state index contributed by atoms with van der Waals surface area (Å²) in [4.78, 5) is 32.6. The predicted molar refractivity (Wildman–Crippen MR) is 124 cm³/mol. The van der Waals surface area contributed by atoms with Crippen molar-refractivity contribution in [2.45, 2.75) is 0 Å². The normalized spacial score (nSPS) is 14.7. The van der Waals surface area contributed by atoms with Gasteiger partial charge in [0.05, 0.1) is 24.4 Å². The Hall–Kier alpha value is -4.33. The van der Waals surface area contributed by atoms with Crippen molar-refractivity contribution in [1.29, 1.82) is 0 Å². The quantitative estimate of drug-likeness (QED) is 0.459. The topological polar surface area (TPSA) is 106 Å². The molecule has 2 aromatic carbocycles. The Morgan fingerprint density at radius 3 is 2.67 bits per heavy atom. The predicted octanol–water partition coefficient (Wildman–Crippen LogP) is 3.35. The number of carboxylic acid groups (broad SMARTS) is 1. The van der Waals surface area contributed by atoms with Gasteiger partial charge in [-0.25, -0.2) is 9.79 Å². The Morgan fingerprint density at radius 2 is 1.82 bits per heavy atom. The zero-order valence-electron chi connectivity index (χ0n) is 17.5. The van der Waals surface area contributed by atoms with Gasteiger partial charge in [-0.2, -0.15) is 15.0 Å². The Bertz CT molecular complexity index is 1480. The molecule has 33 heavy (non-hydrogen) atoms. The average Bonchev–Trinajstić information content (AvgIpc) is 3.49. The number of aromatic nitrogens is 4. The first-order valence-electron chi connectivity index (χ1n) is 10.5. The number of hydrogen-bond acceptors (Lipinski definition) is 7. The molecule has 2 aliphatic heterocycles. The Labute approximate surface area is 188 Å². The minimum absolute atomic E-state index is 0.0859. The fraction of sp³-hybridized carbons (Fsp3) is 0.167. The summed E-state index contributed by atoms with van der Waals surface area (Å²) in [7, 11) is 0. The van der Waals surface area contributed by atoms with Crippen LogP contribution in [0.5, 0.6) is 0 Å². The highest BCUT2D eigenvalue weighted by molar-refractivity contribution is 5.96. The van der Waals surface area contributed by atoms with Crippen LogP contribution in [0.15, 0.2) is 53.5 Å². The lowest BCUT2D eigenvalue weighted by atomic mass is 10.1. The number of carboxylic acids is 1. The minimum Gasteiger partial charge on any atom is -0.477 e. The fourth-order valence-corrected chi connectivity index (χ4v) is 4.17. The lowest BCUT2D eigenvalue weighted by Crippen LogP contribution is -2.37. The van der Waals surface area contributed by atoms with Gasteiger partial charge in [0, 0.05) is 35.7 Å². The number of anilines is 1.